The van der Waals surface area contributed by atoms with Crippen molar-refractivity contribution in [3.8, 4) is 17.2 Å². The Bertz CT molecular complexity index is 1260. The van der Waals surface area contributed by atoms with Gasteiger partial charge >= 0.3 is 5.69 Å². The van der Waals surface area contributed by atoms with Crippen LogP contribution in [0.25, 0.3) is 0 Å². The van der Waals surface area contributed by atoms with Gasteiger partial charge in [0.05, 0.1) is 29.2 Å². The highest BCUT2D eigenvalue weighted by molar-refractivity contribution is 6.30. The van der Waals surface area contributed by atoms with Gasteiger partial charge in [-0.15, -0.1) is 0 Å². The Morgan fingerprint density at radius 3 is 2.42 bits per heavy atom. The lowest BCUT2D eigenvalue weighted by Gasteiger charge is -2.11. The number of methoxy groups -OCH3 is 1. The van der Waals surface area contributed by atoms with Gasteiger partial charge in [-0.2, -0.15) is 5.10 Å². The number of carbonyl (C=O) groups excluding carboxylic acids is 1. The third-order valence-electron chi connectivity index (χ3n) is 4.22. The fourth-order valence-corrected chi connectivity index (χ4v) is 2.87. The van der Waals surface area contributed by atoms with Crippen molar-refractivity contribution in [1.82, 2.24) is 5.43 Å². The molecule has 0 fully saturated rings. The molecule has 0 spiro atoms. The van der Waals surface area contributed by atoms with Gasteiger partial charge in [-0.05, 0) is 48.0 Å². The number of nitro benzene ring substituents is 2. The summed E-state index contributed by atoms with van der Waals surface area (Å²) in [5.74, 6) is -0.299. The van der Waals surface area contributed by atoms with Gasteiger partial charge in [-0.25, -0.2) is 5.43 Å². The van der Waals surface area contributed by atoms with E-state index >= 15 is 0 Å². The molecule has 0 aliphatic rings. The minimum atomic E-state index is -0.779. The molecule has 0 aliphatic heterocycles. The standard InChI is InChI=1S/C21H15ClN4O7/c1-32-20-9-13(12-23-24-21(27)14-3-2-4-15(22)10-14)5-7-19(20)33-18-8-6-16(25(28)29)11-17(18)26(30)31/h2-12H,1H3,(H,24,27). The molecule has 3 aromatic rings. The number of non-ortho nitro benzene ring substituents is 1. The largest absolute Gasteiger partial charge is 0.493 e. The van der Waals surface area contributed by atoms with E-state index in [2.05, 4.69) is 10.5 Å². The summed E-state index contributed by atoms with van der Waals surface area (Å²) in [6, 6.07) is 14.0. The maximum Gasteiger partial charge on any atom is 0.318 e. The van der Waals surface area contributed by atoms with Crippen molar-refractivity contribution >= 4 is 35.1 Å². The van der Waals surface area contributed by atoms with E-state index < -0.39 is 27.1 Å². The van der Waals surface area contributed by atoms with E-state index in [9.17, 15) is 25.0 Å². The molecule has 0 saturated carbocycles. The second kappa shape index (κ2) is 10.2. The summed E-state index contributed by atoms with van der Waals surface area (Å²) in [7, 11) is 1.37. The molecule has 12 heteroatoms. The number of benzene rings is 3. The fraction of sp³-hybridized carbons (Fsp3) is 0.0476. The van der Waals surface area contributed by atoms with Crippen LogP contribution in [0.1, 0.15) is 15.9 Å². The van der Waals surface area contributed by atoms with Gasteiger partial charge in [0.15, 0.2) is 11.5 Å². The molecule has 33 heavy (non-hydrogen) atoms. The van der Waals surface area contributed by atoms with E-state index in [1.165, 1.54) is 31.5 Å². The van der Waals surface area contributed by atoms with Crippen LogP contribution in [-0.4, -0.2) is 29.1 Å². The van der Waals surface area contributed by atoms with Crippen molar-refractivity contribution in [2.24, 2.45) is 5.10 Å². The smallest absolute Gasteiger partial charge is 0.318 e. The van der Waals surface area contributed by atoms with Crippen molar-refractivity contribution in [3.63, 3.8) is 0 Å². The number of amides is 1. The van der Waals surface area contributed by atoms with Crippen molar-refractivity contribution in [2.75, 3.05) is 7.11 Å². The summed E-state index contributed by atoms with van der Waals surface area (Å²) < 4.78 is 10.8. The molecule has 0 unspecified atom stereocenters. The lowest BCUT2D eigenvalue weighted by Crippen LogP contribution is -2.17. The number of nitrogens with one attached hydrogen (secondary N) is 1. The number of halogens is 1. The Labute approximate surface area is 191 Å². The van der Waals surface area contributed by atoms with Crippen LogP contribution in [0.15, 0.2) is 65.8 Å². The molecule has 0 bridgehead atoms. The van der Waals surface area contributed by atoms with E-state index in [4.69, 9.17) is 21.1 Å². The Hall–Kier alpha value is -4.51. The van der Waals surface area contributed by atoms with Crippen molar-refractivity contribution < 1.29 is 24.1 Å². The second-order valence-corrected chi connectivity index (χ2v) is 6.82. The Balaban J connectivity index is 1.77. The molecule has 11 nitrogen and oxygen atoms in total. The topological polar surface area (TPSA) is 146 Å². The van der Waals surface area contributed by atoms with Crippen LogP contribution in [0.5, 0.6) is 17.2 Å². The van der Waals surface area contributed by atoms with Gasteiger partial charge in [0.2, 0.25) is 5.75 Å². The van der Waals surface area contributed by atoms with Crippen LogP contribution in [0.3, 0.4) is 0 Å². The molecular formula is C21H15ClN4O7. The Morgan fingerprint density at radius 2 is 1.76 bits per heavy atom. The highest BCUT2D eigenvalue weighted by Gasteiger charge is 2.22. The van der Waals surface area contributed by atoms with E-state index in [-0.39, 0.29) is 17.2 Å². The normalized spacial score (nSPS) is 10.6. The van der Waals surface area contributed by atoms with Crippen LogP contribution in [0.4, 0.5) is 11.4 Å². The Kier molecular flexibility index (Phi) is 7.16. The highest BCUT2D eigenvalue weighted by atomic mass is 35.5. The number of nitrogens with zero attached hydrogens (tertiary/aromatic N) is 3. The quantitative estimate of drug-likeness (QED) is 0.284. The van der Waals surface area contributed by atoms with Crippen LogP contribution in [0.2, 0.25) is 5.02 Å². The molecule has 3 aromatic carbocycles. The molecule has 0 saturated heterocycles. The minimum absolute atomic E-state index is 0.134. The molecule has 0 aromatic heterocycles. The zero-order chi connectivity index (χ0) is 24.0. The van der Waals surface area contributed by atoms with Crippen molar-refractivity contribution in [3.05, 3.63) is 97.0 Å². The fourth-order valence-electron chi connectivity index (χ4n) is 2.68. The average molecular weight is 471 g/mol. The van der Waals surface area contributed by atoms with Gasteiger partial charge in [0.1, 0.15) is 0 Å². The number of rotatable bonds is 8. The molecule has 1 N–H and O–H groups in total. The summed E-state index contributed by atoms with van der Waals surface area (Å²) in [6.07, 6.45) is 1.36. The lowest BCUT2D eigenvalue weighted by atomic mass is 10.2. The SMILES string of the molecule is COc1cc(C=NNC(=O)c2cccc(Cl)c2)ccc1Oc1ccc([N+](=O)[O-])cc1[N+](=O)[O-]. The molecule has 0 radical (unpaired) electrons. The lowest BCUT2D eigenvalue weighted by molar-refractivity contribution is -0.394. The molecule has 168 valence electrons. The zero-order valence-corrected chi connectivity index (χ0v) is 17.7. The summed E-state index contributed by atoms with van der Waals surface area (Å²) in [4.78, 5) is 32.8. The number of hydrazone groups is 1. The number of ether oxygens (including phenoxy) is 2. The monoisotopic (exact) mass is 470 g/mol. The summed E-state index contributed by atoms with van der Waals surface area (Å²) in [6.45, 7) is 0. The van der Waals surface area contributed by atoms with Crippen molar-refractivity contribution in [1.29, 1.82) is 0 Å². The molecule has 0 aliphatic carbocycles. The van der Waals surface area contributed by atoms with E-state index in [1.54, 1.807) is 24.3 Å². The van der Waals surface area contributed by atoms with E-state index in [0.29, 0.717) is 16.1 Å². The maximum absolute atomic E-state index is 12.1. The first-order valence-electron chi connectivity index (χ1n) is 9.16. The van der Waals surface area contributed by atoms with E-state index in [1.807, 2.05) is 0 Å². The van der Waals surface area contributed by atoms with Gasteiger partial charge < -0.3 is 9.47 Å². The first kappa shape index (κ1) is 23.2. The van der Waals surface area contributed by atoms with Crippen molar-refractivity contribution in [2.45, 2.75) is 0 Å². The summed E-state index contributed by atoms with van der Waals surface area (Å²) in [5, 5.41) is 26.5. The minimum Gasteiger partial charge on any atom is -0.493 e. The third kappa shape index (κ3) is 5.80. The summed E-state index contributed by atoms with van der Waals surface area (Å²) >= 11 is 5.86. The van der Waals surface area contributed by atoms with Crippen LogP contribution < -0.4 is 14.9 Å². The van der Waals surface area contributed by atoms with Gasteiger partial charge in [0.25, 0.3) is 11.6 Å². The molecule has 3 rings (SSSR count). The summed E-state index contributed by atoms with van der Waals surface area (Å²) in [5.41, 5.74) is 2.23. The highest BCUT2D eigenvalue weighted by Crippen LogP contribution is 2.38. The first-order valence-corrected chi connectivity index (χ1v) is 9.54. The number of hydrogen-bond donors (Lipinski definition) is 1. The molecular weight excluding hydrogens is 456 g/mol. The van der Waals surface area contributed by atoms with Gasteiger partial charge in [-0.1, -0.05) is 17.7 Å². The zero-order valence-electron chi connectivity index (χ0n) is 16.9. The van der Waals surface area contributed by atoms with Crippen LogP contribution in [-0.2, 0) is 0 Å². The molecule has 0 heterocycles. The number of hydrogen-bond acceptors (Lipinski definition) is 8. The third-order valence-corrected chi connectivity index (χ3v) is 4.46. The average Bonchev–Trinajstić information content (AvgIpc) is 2.79. The molecule has 1 amide bonds. The Morgan fingerprint density at radius 1 is 1.00 bits per heavy atom. The maximum atomic E-state index is 12.1. The first-order chi connectivity index (χ1) is 15.8. The second-order valence-electron chi connectivity index (χ2n) is 6.39. The van der Waals surface area contributed by atoms with Gasteiger partial charge in [0, 0.05) is 16.7 Å². The predicted molar refractivity (Wildman–Crippen MR) is 119 cm³/mol. The number of nitro groups is 2. The van der Waals surface area contributed by atoms with E-state index in [0.717, 1.165) is 18.2 Å². The molecule has 0 atom stereocenters. The van der Waals surface area contributed by atoms with Gasteiger partial charge in [-0.3, -0.25) is 25.0 Å². The predicted octanol–water partition coefficient (Wildman–Crippen LogP) is 4.72. The van der Waals surface area contributed by atoms with Crippen LogP contribution >= 0.6 is 11.6 Å². The number of carbonyl (C=O) groups is 1. The van der Waals surface area contributed by atoms with Crippen LogP contribution in [0, 0.1) is 20.2 Å².